The lowest BCUT2D eigenvalue weighted by Gasteiger charge is -2.34. The molecule has 0 aromatic carbocycles. The highest BCUT2D eigenvalue weighted by Gasteiger charge is 2.30. The van der Waals surface area contributed by atoms with Crippen LogP contribution in [0.1, 0.15) is 54.5 Å². The molecule has 0 aliphatic heterocycles. The van der Waals surface area contributed by atoms with E-state index in [2.05, 4.69) is 31.8 Å². The number of primary amides is 1. The Labute approximate surface area is 147 Å². The number of carbonyl (C=O) groups is 1. The Balaban J connectivity index is 2.07. The summed E-state index contributed by atoms with van der Waals surface area (Å²) in [4.78, 5) is 19.6. The number of aliphatic hydroxyl groups excluding tert-OH is 2. The van der Waals surface area contributed by atoms with Crippen molar-refractivity contribution in [1.29, 1.82) is 0 Å². The maximum Gasteiger partial charge on any atom is 0.265 e. The van der Waals surface area contributed by atoms with Crippen LogP contribution in [-0.4, -0.2) is 38.8 Å². The van der Waals surface area contributed by atoms with E-state index < -0.39 is 12.0 Å². The topological polar surface area (TPSA) is 112 Å². The van der Waals surface area contributed by atoms with Gasteiger partial charge in [-0.15, -0.1) is 0 Å². The van der Waals surface area contributed by atoms with E-state index in [1.165, 1.54) is 5.56 Å². The van der Waals surface area contributed by atoms with Gasteiger partial charge < -0.3 is 20.9 Å². The summed E-state index contributed by atoms with van der Waals surface area (Å²) >= 11 is 0. The van der Waals surface area contributed by atoms with Crippen molar-refractivity contribution in [3.63, 3.8) is 0 Å². The second kappa shape index (κ2) is 6.42. The maximum absolute atomic E-state index is 11.8. The quantitative estimate of drug-likeness (QED) is 0.675. The number of nitrogens with one attached hydrogen (secondary N) is 1. The number of hydrogen-bond acceptors (Lipinski definition) is 4. The predicted molar refractivity (Wildman–Crippen MR) is 96.4 cm³/mol. The molecule has 2 aromatic rings. The normalized spacial score (nSPS) is 19.0. The Kier molecular flexibility index (Phi) is 4.60. The van der Waals surface area contributed by atoms with Crippen molar-refractivity contribution in [3.8, 4) is 0 Å². The van der Waals surface area contributed by atoms with Crippen molar-refractivity contribution in [1.82, 2.24) is 9.97 Å². The first-order valence-electron chi connectivity index (χ1n) is 8.82. The van der Waals surface area contributed by atoms with Crippen LogP contribution < -0.4 is 5.73 Å². The van der Waals surface area contributed by atoms with Gasteiger partial charge >= 0.3 is 0 Å². The van der Waals surface area contributed by atoms with Gasteiger partial charge in [0.05, 0.1) is 23.7 Å². The molecular formula is C19H27N3O3. The lowest BCUT2D eigenvalue weighted by atomic mass is 9.71. The molecule has 1 amide bonds. The first-order valence-corrected chi connectivity index (χ1v) is 8.82. The molecule has 0 saturated carbocycles. The highest BCUT2D eigenvalue weighted by atomic mass is 16.3. The number of carbonyl (C=O) groups excluding carboxylic acids is 1. The molecule has 6 heteroatoms. The highest BCUT2D eigenvalue weighted by Crippen LogP contribution is 2.38. The first kappa shape index (κ1) is 17.9. The standard InChI is InChI=1S/C19H27N3O3/c1-19(2,3)11-4-5-14-10(6-11)7-15-16(21-14)13(8-12(24)9-23)17(22-15)18(20)25/h7,11-12,22-24H,4-6,8-9H2,1-3H3,(H2,20,25). The molecule has 2 aromatic heterocycles. The molecular weight excluding hydrogens is 318 g/mol. The van der Waals surface area contributed by atoms with Gasteiger partial charge in [-0.3, -0.25) is 9.78 Å². The molecule has 0 fully saturated rings. The Morgan fingerprint density at radius 1 is 1.48 bits per heavy atom. The number of rotatable bonds is 4. The van der Waals surface area contributed by atoms with Crippen LogP contribution in [-0.2, 0) is 19.3 Å². The van der Waals surface area contributed by atoms with Gasteiger partial charge in [-0.25, -0.2) is 0 Å². The zero-order chi connectivity index (χ0) is 18.4. The molecule has 0 spiro atoms. The Morgan fingerprint density at radius 3 is 2.80 bits per heavy atom. The molecule has 2 atom stereocenters. The third-order valence-corrected chi connectivity index (χ3v) is 5.36. The second-order valence-corrected chi connectivity index (χ2v) is 8.18. The lowest BCUT2D eigenvalue weighted by Crippen LogP contribution is -2.27. The van der Waals surface area contributed by atoms with Crippen molar-refractivity contribution >= 4 is 16.9 Å². The molecule has 3 rings (SSSR count). The van der Waals surface area contributed by atoms with Gasteiger partial charge in [-0.2, -0.15) is 0 Å². The van der Waals surface area contributed by atoms with Crippen LogP contribution in [0.5, 0.6) is 0 Å². The molecule has 0 bridgehead atoms. The third-order valence-electron chi connectivity index (χ3n) is 5.36. The lowest BCUT2D eigenvalue weighted by molar-refractivity contribution is 0.0941. The van der Waals surface area contributed by atoms with Gasteiger partial charge in [0, 0.05) is 17.7 Å². The van der Waals surface area contributed by atoms with Crippen LogP contribution >= 0.6 is 0 Å². The van der Waals surface area contributed by atoms with Crippen LogP contribution in [0.25, 0.3) is 11.0 Å². The summed E-state index contributed by atoms with van der Waals surface area (Å²) in [5, 5.41) is 19.0. The Bertz CT molecular complexity index is 804. The maximum atomic E-state index is 11.8. The monoisotopic (exact) mass is 345 g/mol. The highest BCUT2D eigenvalue weighted by molar-refractivity contribution is 5.99. The van der Waals surface area contributed by atoms with E-state index in [-0.39, 0.29) is 24.1 Å². The number of aryl methyl sites for hydroxylation is 1. The van der Waals surface area contributed by atoms with Gasteiger partial charge in [0.15, 0.2) is 0 Å². The Hall–Kier alpha value is -1.92. The van der Waals surface area contributed by atoms with E-state index in [1.807, 2.05) is 0 Å². The number of aromatic amines is 1. The molecule has 6 nitrogen and oxygen atoms in total. The summed E-state index contributed by atoms with van der Waals surface area (Å²) in [6.45, 7) is 6.43. The fourth-order valence-electron chi connectivity index (χ4n) is 3.77. The molecule has 136 valence electrons. The number of nitrogens with zero attached hydrogens (tertiary/aromatic N) is 1. The predicted octanol–water partition coefficient (Wildman–Crippen LogP) is 1.71. The van der Waals surface area contributed by atoms with Crippen LogP contribution in [0.3, 0.4) is 0 Å². The molecule has 25 heavy (non-hydrogen) atoms. The van der Waals surface area contributed by atoms with Crippen molar-refractivity contribution < 1.29 is 15.0 Å². The first-order chi connectivity index (χ1) is 11.7. The molecule has 2 unspecified atom stereocenters. The van der Waals surface area contributed by atoms with E-state index in [1.54, 1.807) is 0 Å². The van der Waals surface area contributed by atoms with Crippen LogP contribution in [0.2, 0.25) is 0 Å². The van der Waals surface area contributed by atoms with Gasteiger partial charge in [0.2, 0.25) is 0 Å². The van der Waals surface area contributed by atoms with Crippen molar-refractivity contribution in [3.05, 3.63) is 28.6 Å². The number of aliphatic hydroxyl groups is 2. The van der Waals surface area contributed by atoms with Crippen molar-refractivity contribution in [2.24, 2.45) is 17.1 Å². The number of pyridine rings is 1. The zero-order valence-corrected chi connectivity index (χ0v) is 15.1. The second-order valence-electron chi connectivity index (χ2n) is 8.18. The Morgan fingerprint density at radius 2 is 2.20 bits per heavy atom. The van der Waals surface area contributed by atoms with Gasteiger partial charge in [-0.05, 0) is 42.2 Å². The SMILES string of the molecule is CC(C)(C)C1CCc2nc3c(CC(O)CO)c(C(N)=O)[nH]c3cc2C1. The minimum Gasteiger partial charge on any atom is -0.394 e. The fourth-order valence-corrected chi connectivity index (χ4v) is 3.77. The van der Waals surface area contributed by atoms with E-state index in [9.17, 15) is 9.90 Å². The molecule has 0 saturated heterocycles. The van der Waals surface area contributed by atoms with E-state index in [0.717, 1.165) is 30.5 Å². The smallest absolute Gasteiger partial charge is 0.265 e. The number of H-pyrrole nitrogens is 1. The van der Waals surface area contributed by atoms with E-state index in [4.69, 9.17) is 15.8 Å². The summed E-state index contributed by atoms with van der Waals surface area (Å²) in [5.41, 5.74) is 10.3. The zero-order valence-electron chi connectivity index (χ0n) is 15.1. The fraction of sp³-hybridized carbons (Fsp3) is 0.579. The van der Waals surface area contributed by atoms with Crippen molar-refractivity contribution in [2.45, 2.75) is 52.6 Å². The minimum atomic E-state index is -0.944. The summed E-state index contributed by atoms with van der Waals surface area (Å²) in [5.74, 6) is 0.0178. The molecule has 1 aliphatic rings. The van der Waals surface area contributed by atoms with Crippen molar-refractivity contribution in [2.75, 3.05) is 6.61 Å². The largest absolute Gasteiger partial charge is 0.394 e. The number of aromatic nitrogens is 2. The number of fused-ring (bicyclic) bond motifs is 2. The third kappa shape index (κ3) is 3.41. The molecule has 0 radical (unpaired) electrons. The minimum absolute atomic E-state index is 0.144. The number of hydrogen-bond donors (Lipinski definition) is 4. The molecule has 1 aliphatic carbocycles. The van der Waals surface area contributed by atoms with E-state index >= 15 is 0 Å². The molecule has 2 heterocycles. The number of nitrogens with two attached hydrogens (primary N) is 1. The summed E-state index contributed by atoms with van der Waals surface area (Å²) in [6, 6.07) is 2.07. The summed E-state index contributed by atoms with van der Waals surface area (Å²) in [7, 11) is 0. The van der Waals surface area contributed by atoms with Gasteiger partial charge in [0.25, 0.3) is 5.91 Å². The van der Waals surface area contributed by atoms with Crippen LogP contribution in [0.15, 0.2) is 6.07 Å². The summed E-state index contributed by atoms with van der Waals surface area (Å²) in [6.07, 6.45) is 2.18. The van der Waals surface area contributed by atoms with Gasteiger partial charge in [-0.1, -0.05) is 20.8 Å². The average molecular weight is 345 g/mol. The van der Waals surface area contributed by atoms with Crippen LogP contribution in [0, 0.1) is 11.3 Å². The number of amides is 1. The molecule has 5 N–H and O–H groups in total. The van der Waals surface area contributed by atoms with Crippen LogP contribution in [0.4, 0.5) is 0 Å². The average Bonchev–Trinajstić information content (AvgIpc) is 2.89. The van der Waals surface area contributed by atoms with E-state index in [0.29, 0.717) is 17.0 Å². The van der Waals surface area contributed by atoms with Gasteiger partial charge in [0.1, 0.15) is 5.69 Å². The summed E-state index contributed by atoms with van der Waals surface area (Å²) < 4.78 is 0.